The van der Waals surface area contributed by atoms with Crippen LogP contribution in [0, 0.1) is 0 Å². The van der Waals surface area contributed by atoms with Crippen LogP contribution in [-0.4, -0.2) is 47.2 Å². The predicted octanol–water partition coefficient (Wildman–Crippen LogP) is 3.00. The number of aromatic nitrogens is 3. The van der Waals surface area contributed by atoms with Gasteiger partial charge in [0.1, 0.15) is 5.75 Å². The maximum absolute atomic E-state index is 12.5. The molecule has 158 valence electrons. The highest BCUT2D eigenvalue weighted by Crippen LogP contribution is 2.21. The lowest BCUT2D eigenvalue weighted by atomic mass is 10.1. The highest BCUT2D eigenvalue weighted by molar-refractivity contribution is 6.02. The molecule has 0 saturated carbocycles. The fourth-order valence-electron chi connectivity index (χ4n) is 3.13. The summed E-state index contributed by atoms with van der Waals surface area (Å²) in [6.07, 6.45) is 1.64. The minimum Gasteiger partial charge on any atom is -0.494 e. The number of anilines is 1. The molecule has 1 aliphatic heterocycles. The van der Waals surface area contributed by atoms with Gasteiger partial charge >= 0.3 is 0 Å². The number of benzene rings is 2. The van der Waals surface area contributed by atoms with E-state index in [4.69, 9.17) is 9.47 Å². The summed E-state index contributed by atoms with van der Waals surface area (Å²) in [5, 5.41) is 14.2. The molecule has 1 aliphatic rings. The van der Waals surface area contributed by atoms with E-state index in [-0.39, 0.29) is 30.1 Å². The lowest BCUT2D eigenvalue weighted by molar-refractivity contribution is 0.0277. The van der Waals surface area contributed by atoms with E-state index in [2.05, 4.69) is 20.9 Å². The molecule has 30 heavy (non-hydrogen) atoms. The molecule has 0 bridgehead atoms. The summed E-state index contributed by atoms with van der Waals surface area (Å²) in [6.45, 7) is 4.87. The Labute approximate surface area is 181 Å². The second-order valence-electron chi connectivity index (χ2n) is 6.62. The Morgan fingerprint density at radius 2 is 2.13 bits per heavy atom. The minimum atomic E-state index is -0.319. The van der Waals surface area contributed by atoms with E-state index >= 15 is 0 Å². The Morgan fingerprint density at radius 3 is 2.87 bits per heavy atom. The van der Waals surface area contributed by atoms with Gasteiger partial charge in [-0.05, 0) is 36.8 Å². The number of nitrogens with one attached hydrogen (secondary N) is 2. The van der Waals surface area contributed by atoms with Gasteiger partial charge in [-0.2, -0.15) is 0 Å². The molecular formula is C21H24ClN5O3. The van der Waals surface area contributed by atoms with E-state index in [0.29, 0.717) is 18.9 Å². The first kappa shape index (κ1) is 21.8. The second-order valence-corrected chi connectivity index (χ2v) is 6.62. The van der Waals surface area contributed by atoms with E-state index < -0.39 is 0 Å². The summed E-state index contributed by atoms with van der Waals surface area (Å²) in [4.78, 5) is 12.5. The molecule has 1 amide bonds. The van der Waals surface area contributed by atoms with Crippen LogP contribution in [0.3, 0.4) is 0 Å². The molecule has 1 unspecified atom stereocenters. The van der Waals surface area contributed by atoms with Gasteiger partial charge in [0, 0.05) is 24.8 Å². The molecule has 1 saturated heterocycles. The standard InChI is InChI=1S/C21H23N5O3.ClH/c1-2-28-18-5-3-4-17(12-18)26-14-19(24-25-26)21(27)23-16-8-6-15(7-9-16)20-13-22-10-11-29-20;/h3-9,12,14,20,22H,2,10-11,13H2,1H3,(H,23,27);1H. The number of hydrogen-bond donors (Lipinski definition) is 2. The number of carbonyl (C=O) groups is 1. The summed E-state index contributed by atoms with van der Waals surface area (Å²) in [6, 6.07) is 15.1. The van der Waals surface area contributed by atoms with Crippen molar-refractivity contribution in [3.05, 3.63) is 66.0 Å². The number of rotatable bonds is 6. The van der Waals surface area contributed by atoms with E-state index in [1.165, 1.54) is 0 Å². The van der Waals surface area contributed by atoms with E-state index in [1.807, 2.05) is 55.5 Å². The number of nitrogens with zero attached hydrogens (tertiary/aromatic N) is 3. The normalized spacial score (nSPS) is 15.8. The molecule has 0 aliphatic carbocycles. The van der Waals surface area contributed by atoms with Crippen LogP contribution in [0.2, 0.25) is 0 Å². The maximum Gasteiger partial charge on any atom is 0.277 e. The molecule has 2 heterocycles. The molecule has 3 aromatic rings. The van der Waals surface area contributed by atoms with Crippen molar-refractivity contribution >= 4 is 24.0 Å². The van der Waals surface area contributed by atoms with Gasteiger partial charge in [-0.25, -0.2) is 4.68 Å². The zero-order chi connectivity index (χ0) is 20.1. The number of amides is 1. The largest absolute Gasteiger partial charge is 0.494 e. The highest BCUT2D eigenvalue weighted by atomic mass is 35.5. The molecule has 1 aromatic heterocycles. The van der Waals surface area contributed by atoms with Gasteiger partial charge in [-0.1, -0.05) is 23.4 Å². The van der Waals surface area contributed by atoms with Crippen LogP contribution in [0.4, 0.5) is 5.69 Å². The van der Waals surface area contributed by atoms with Crippen LogP contribution in [-0.2, 0) is 4.74 Å². The van der Waals surface area contributed by atoms with Crippen molar-refractivity contribution in [2.24, 2.45) is 0 Å². The molecule has 2 aromatic carbocycles. The Morgan fingerprint density at radius 1 is 1.30 bits per heavy atom. The number of morpholine rings is 1. The smallest absolute Gasteiger partial charge is 0.277 e. The van der Waals surface area contributed by atoms with Crippen molar-refractivity contribution < 1.29 is 14.3 Å². The Bertz CT molecular complexity index is 971. The van der Waals surface area contributed by atoms with Gasteiger partial charge < -0.3 is 20.1 Å². The number of hydrogen-bond acceptors (Lipinski definition) is 6. The second kappa shape index (κ2) is 10.2. The first-order chi connectivity index (χ1) is 14.2. The molecule has 0 spiro atoms. The van der Waals surface area contributed by atoms with Crippen molar-refractivity contribution in [3.63, 3.8) is 0 Å². The average Bonchev–Trinajstić information content (AvgIpc) is 3.26. The number of carbonyl (C=O) groups excluding carboxylic acids is 1. The van der Waals surface area contributed by atoms with Crippen molar-refractivity contribution in [2.75, 3.05) is 31.6 Å². The van der Waals surface area contributed by atoms with E-state index in [1.54, 1.807) is 10.9 Å². The van der Waals surface area contributed by atoms with E-state index in [0.717, 1.165) is 30.1 Å². The lowest BCUT2D eigenvalue weighted by Gasteiger charge is -2.24. The Balaban J connectivity index is 0.00000256. The van der Waals surface area contributed by atoms with Crippen LogP contribution >= 0.6 is 12.4 Å². The van der Waals surface area contributed by atoms with Crippen LogP contribution < -0.4 is 15.4 Å². The third-order valence-electron chi connectivity index (χ3n) is 4.59. The molecular weight excluding hydrogens is 406 g/mol. The molecule has 0 radical (unpaired) electrons. The van der Waals surface area contributed by atoms with Gasteiger partial charge in [0.2, 0.25) is 0 Å². The molecule has 2 N–H and O–H groups in total. The summed E-state index contributed by atoms with van der Waals surface area (Å²) in [5.41, 5.74) is 2.77. The minimum absolute atomic E-state index is 0. The third kappa shape index (κ3) is 5.15. The van der Waals surface area contributed by atoms with Crippen molar-refractivity contribution in [1.29, 1.82) is 0 Å². The van der Waals surface area contributed by atoms with Crippen molar-refractivity contribution in [1.82, 2.24) is 20.3 Å². The zero-order valence-electron chi connectivity index (χ0n) is 16.6. The molecule has 8 nitrogen and oxygen atoms in total. The van der Waals surface area contributed by atoms with Gasteiger partial charge in [0.15, 0.2) is 5.69 Å². The SMILES string of the molecule is CCOc1cccc(-n2cc(C(=O)Nc3ccc(C4CNCCO4)cc3)nn2)c1.Cl. The fourth-order valence-corrected chi connectivity index (χ4v) is 3.13. The number of ether oxygens (including phenoxy) is 2. The summed E-state index contributed by atoms with van der Waals surface area (Å²) >= 11 is 0. The lowest BCUT2D eigenvalue weighted by Crippen LogP contribution is -2.33. The van der Waals surface area contributed by atoms with Crippen LogP contribution in [0.15, 0.2) is 54.7 Å². The predicted molar refractivity (Wildman–Crippen MR) is 116 cm³/mol. The summed E-state index contributed by atoms with van der Waals surface area (Å²) in [7, 11) is 0. The van der Waals surface area contributed by atoms with Crippen LogP contribution in [0.5, 0.6) is 5.75 Å². The van der Waals surface area contributed by atoms with Crippen LogP contribution in [0.1, 0.15) is 29.1 Å². The summed E-state index contributed by atoms with van der Waals surface area (Å²) < 4.78 is 12.8. The molecule has 1 atom stereocenters. The molecule has 1 fully saturated rings. The quantitative estimate of drug-likeness (QED) is 0.626. The van der Waals surface area contributed by atoms with E-state index in [9.17, 15) is 4.79 Å². The number of halogens is 1. The molecule has 9 heteroatoms. The highest BCUT2D eigenvalue weighted by Gasteiger charge is 2.16. The van der Waals surface area contributed by atoms with Crippen LogP contribution in [0.25, 0.3) is 5.69 Å². The first-order valence-electron chi connectivity index (χ1n) is 9.62. The monoisotopic (exact) mass is 429 g/mol. The Hall–Kier alpha value is -2.94. The molecule has 4 rings (SSSR count). The first-order valence-corrected chi connectivity index (χ1v) is 9.62. The fraction of sp³-hybridized carbons (Fsp3) is 0.286. The van der Waals surface area contributed by atoms with Crippen molar-refractivity contribution in [2.45, 2.75) is 13.0 Å². The summed E-state index contributed by atoms with van der Waals surface area (Å²) in [5.74, 6) is 0.421. The average molecular weight is 430 g/mol. The van der Waals surface area contributed by atoms with Gasteiger partial charge in [0.25, 0.3) is 5.91 Å². The Kier molecular flexibility index (Phi) is 7.40. The zero-order valence-corrected chi connectivity index (χ0v) is 17.4. The van der Waals surface area contributed by atoms with Gasteiger partial charge in [0.05, 0.1) is 31.2 Å². The third-order valence-corrected chi connectivity index (χ3v) is 4.59. The maximum atomic E-state index is 12.5. The topological polar surface area (TPSA) is 90.3 Å². The van der Waals surface area contributed by atoms with Gasteiger partial charge in [-0.15, -0.1) is 17.5 Å². The van der Waals surface area contributed by atoms with Gasteiger partial charge in [-0.3, -0.25) is 4.79 Å². The van der Waals surface area contributed by atoms with Crippen molar-refractivity contribution in [3.8, 4) is 11.4 Å².